The van der Waals surface area contributed by atoms with Gasteiger partial charge in [0, 0.05) is 19.5 Å². The first kappa shape index (κ1) is 16.5. The van der Waals surface area contributed by atoms with E-state index in [2.05, 4.69) is 15.3 Å². The summed E-state index contributed by atoms with van der Waals surface area (Å²) in [4.78, 5) is 34.2. The molecule has 0 atom stereocenters. The van der Waals surface area contributed by atoms with Crippen LogP contribution in [0.3, 0.4) is 0 Å². The van der Waals surface area contributed by atoms with E-state index >= 15 is 0 Å². The van der Waals surface area contributed by atoms with Crippen LogP contribution in [0.4, 0.5) is 5.95 Å². The number of carbonyl (C=O) groups excluding carboxylic acids is 1. The Morgan fingerprint density at radius 3 is 2.96 bits per heavy atom. The number of imidazole rings is 1. The van der Waals surface area contributed by atoms with Crippen LogP contribution >= 0.6 is 11.3 Å². The highest BCUT2D eigenvalue weighted by Crippen LogP contribution is 2.19. The predicted molar refractivity (Wildman–Crippen MR) is 103 cm³/mol. The van der Waals surface area contributed by atoms with Gasteiger partial charge in [-0.15, -0.1) is 11.3 Å². The smallest absolute Gasteiger partial charge is 0.262 e. The van der Waals surface area contributed by atoms with Gasteiger partial charge >= 0.3 is 0 Å². The molecule has 0 aliphatic heterocycles. The molecular formula is C18H17N5O2S. The number of fused-ring (bicyclic) bond motifs is 2. The molecule has 26 heavy (non-hydrogen) atoms. The van der Waals surface area contributed by atoms with Crippen molar-refractivity contribution in [1.82, 2.24) is 19.1 Å². The zero-order chi connectivity index (χ0) is 18.1. The topological polar surface area (TPSA) is 81.8 Å². The average molecular weight is 367 g/mol. The van der Waals surface area contributed by atoms with E-state index in [4.69, 9.17) is 0 Å². The molecule has 3 heterocycles. The van der Waals surface area contributed by atoms with Crippen LogP contribution in [0.25, 0.3) is 21.3 Å². The molecule has 0 saturated carbocycles. The molecule has 0 saturated heterocycles. The lowest BCUT2D eigenvalue weighted by molar-refractivity contribution is -0.116. The monoisotopic (exact) mass is 367 g/mol. The number of aromatic nitrogens is 4. The number of aryl methyl sites for hydroxylation is 2. The molecule has 8 heteroatoms. The van der Waals surface area contributed by atoms with Crippen LogP contribution in [-0.4, -0.2) is 25.0 Å². The Balaban J connectivity index is 1.50. The van der Waals surface area contributed by atoms with Crippen LogP contribution in [0.1, 0.15) is 13.3 Å². The molecule has 0 spiro atoms. The molecule has 0 radical (unpaired) electrons. The number of rotatable bonds is 5. The Bertz CT molecular complexity index is 1160. The molecule has 7 nitrogen and oxygen atoms in total. The van der Waals surface area contributed by atoms with Crippen LogP contribution < -0.4 is 10.9 Å². The first-order valence-electron chi connectivity index (χ1n) is 8.35. The number of nitrogens with one attached hydrogen (secondary N) is 1. The van der Waals surface area contributed by atoms with Gasteiger partial charge in [0.2, 0.25) is 11.9 Å². The van der Waals surface area contributed by atoms with E-state index in [0.717, 1.165) is 11.0 Å². The van der Waals surface area contributed by atoms with Gasteiger partial charge in [-0.1, -0.05) is 12.1 Å². The number of hydrogen-bond acceptors (Lipinski definition) is 5. The van der Waals surface area contributed by atoms with Crippen molar-refractivity contribution in [2.45, 2.75) is 26.4 Å². The second-order valence-corrected chi connectivity index (χ2v) is 6.74. The lowest BCUT2D eigenvalue weighted by Gasteiger charge is -2.08. The number of benzene rings is 1. The highest BCUT2D eigenvalue weighted by Gasteiger charge is 2.13. The number of carbonyl (C=O) groups is 1. The van der Waals surface area contributed by atoms with E-state index in [0.29, 0.717) is 22.7 Å². The number of nitrogens with zero attached hydrogens (tertiary/aromatic N) is 4. The summed E-state index contributed by atoms with van der Waals surface area (Å²) in [6.07, 6.45) is 1.67. The van der Waals surface area contributed by atoms with Gasteiger partial charge in [0.15, 0.2) is 0 Å². The van der Waals surface area contributed by atoms with Crippen molar-refractivity contribution in [3.05, 3.63) is 52.4 Å². The molecule has 0 aliphatic rings. The van der Waals surface area contributed by atoms with Gasteiger partial charge < -0.3 is 4.57 Å². The van der Waals surface area contributed by atoms with Gasteiger partial charge in [0.25, 0.3) is 5.56 Å². The van der Waals surface area contributed by atoms with E-state index in [1.165, 1.54) is 22.2 Å². The molecule has 1 aromatic carbocycles. The molecular weight excluding hydrogens is 350 g/mol. The van der Waals surface area contributed by atoms with Crippen LogP contribution in [-0.2, 0) is 17.9 Å². The number of amides is 1. The van der Waals surface area contributed by atoms with Gasteiger partial charge in [0.1, 0.15) is 4.83 Å². The third kappa shape index (κ3) is 2.88. The number of anilines is 1. The summed E-state index contributed by atoms with van der Waals surface area (Å²) >= 11 is 1.43. The summed E-state index contributed by atoms with van der Waals surface area (Å²) in [6.45, 7) is 2.98. The zero-order valence-corrected chi connectivity index (χ0v) is 15.0. The Morgan fingerprint density at radius 1 is 1.27 bits per heavy atom. The van der Waals surface area contributed by atoms with E-state index in [1.807, 2.05) is 41.1 Å². The standard InChI is InChI=1S/C18H17N5O2S/c1-2-23-14-6-4-3-5-13(14)20-18(23)21-15(24)7-9-22-11-19-16-12(17(22)25)8-10-26-16/h3-6,8,10-11H,2,7,9H2,1H3,(H,20,21,24). The Morgan fingerprint density at radius 2 is 2.12 bits per heavy atom. The van der Waals surface area contributed by atoms with Gasteiger partial charge in [-0.2, -0.15) is 0 Å². The fourth-order valence-corrected chi connectivity index (χ4v) is 3.68. The molecule has 0 aliphatic carbocycles. The molecule has 1 amide bonds. The molecule has 4 rings (SSSR count). The zero-order valence-electron chi connectivity index (χ0n) is 14.2. The molecule has 3 aromatic heterocycles. The number of thiophene rings is 1. The normalized spacial score (nSPS) is 11.3. The van der Waals surface area contributed by atoms with Crippen LogP contribution in [0.5, 0.6) is 0 Å². The summed E-state index contributed by atoms with van der Waals surface area (Å²) in [5.74, 6) is 0.338. The maximum atomic E-state index is 12.4. The van der Waals surface area contributed by atoms with Crippen molar-refractivity contribution in [2.24, 2.45) is 0 Å². The maximum Gasteiger partial charge on any atom is 0.262 e. The number of hydrogen-bond donors (Lipinski definition) is 1. The van der Waals surface area contributed by atoms with Gasteiger partial charge in [0.05, 0.1) is 22.7 Å². The van der Waals surface area contributed by atoms with Crippen molar-refractivity contribution in [3.63, 3.8) is 0 Å². The van der Waals surface area contributed by atoms with Crippen molar-refractivity contribution >= 4 is 44.4 Å². The summed E-state index contributed by atoms with van der Waals surface area (Å²) in [5, 5.41) is 5.28. The van der Waals surface area contributed by atoms with Crippen LogP contribution in [0.15, 0.2) is 46.8 Å². The summed E-state index contributed by atoms with van der Waals surface area (Å²) in [5.41, 5.74) is 1.70. The third-order valence-electron chi connectivity index (χ3n) is 4.25. The van der Waals surface area contributed by atoms with Gasteiger partial charge in [-0.05, 0) is 30.5 Å². The van der Waals surface area contributed by atoms with Crippen molar-refractivity contribution in [1.29, 1.82) is 0 Å². The molecule has 4 aromatic rings. The van der Waals surface area contributed by atoms with E-state index < -0.39 is 0 Å². The molecule has 0 unspecified atom stereocenters. The Hall–Kier alpha value is -3.00. The molecule has 0 bridgehead atoms. The predicted octanol–water partition coefficient (Wildman–Crippen LogP) is 2.86. The van der Waals surface area contributed by atoms with Crippen molar-refractivity contribution in [3.8, 4) is 0 Å². The SMILES string of the molecule is CCn1c(NC(=O)CCn2cnc3sccc3c2=O)nc2ccccc21. The van der Waals surface area contributed by atoms with Crippen molar-refractivity contribution < 1.29 is 4.79 Å². The fourth-order valence-electron chi connectivity index (χ4n) is 2.95. The summed E-state index contributed by atoms with van der Waals surface area (Å²) < 4.78 is 3.43. The highest BCUT2D eigenvalue weighted by atomic mass is 32.1. The van der Waals surface area contributed by atoms with Gasteiger partial charge in [-0.3, -0.25) is 19.5 Å². The minimum Gasteiger partial charge on any atom is -0.310 e. The van der Waals surface area contributed by atoms with Crippen molar-refractivity contribution in [2.75, 3.05) is 5.32 Å². The first-order chi connectivity index (χ1) is 12.7. The van der Waals surface area contributed by atoms with E-state index in [1.54, 1.807) is 6.07 Å². The summed E-state index contributed by atoms with van der Waals surface area (Å²) in [6, 6.07) is 9.51. The largest absolute Gasteiger partial charge is 0.310 e. The first-order valence-corrected chi connectivity index (χ1v) is 9.23. The highest BCUT2D eigenvalue weighted by molar-refractivity contribution is 7.16. The van der Waals surface area contributed by atoms with Crippen LogP contribution in [0, 0.1) is 0 Å². The molecule has 0 fully saturated rings. The third-order valence-corrected chi connectivity index (χ3v) is 5.07. The second-order valence-electron chi connectivity index (χ2n) is 5.85. The second kappa shape index (κ2) is 6.72. The maximum absolute atomic E-state index is 12.4. The molecule has 1 N–H and O–H groups in total. The van der Waals surface area contributed by atoms with E-state index in [9.17, 15) is 9.59 Å². The van der Waals surface area contributed by atoms with Gasteiger partial charge in [-0.25, -0.2) is 9.97 Å². The lowest BCUT2D eigenvalue weighted by atomic mass is 10.3. The molecule has 132 valence electrons. The fraction of sp³-hybridized carbons (Fsp3) is 0.222. The average Bonchev–Trinajstić information content (AvgIpc) is 3.25. The lowest BCUT2D eigenvalue weighted by Crippen LogP contribution is -2.24. The number of para-hydroxylation sites is 2. The Kier molecular flexibility index (Phi) is 4.26. The summed E-state index contributed by atoms with van der Waals surface area (Å²) in [7, 11) is 0. The quantitative estimate of drug-likeness (QED) is 0.588. The minimum atomic E-state index is -0.188. The Labute approximate surface area is 152 Å². The minimum absolute atomic E-state index is 0.121. The van der Waals surface area contributed by atoms with E-state index in [-0.39, 0.29) is 24.4 Å². The van der Waals surface area contributed by atoms with Crippen LogP contribution in [0.2, 0.25) is 0 Å².